The van der Waals surface area contributed by atoms with Gasteiger partial charge in [0.25, 0.3) is 0 Å². The molecule has 0 aromatic carbocycles. The Hall–Kier alpha value is -0.300. The first kappa shape index (κ1) is 8.31. The smallest absolute Gasteiger partial charge is 0.0137 e. The molecule has 12 heavy (non-hydrogen) atoms. The predicted molar refractivity (Wildman–Crippen MR) is 52.1 cm³/mol. The quantitative estimate of drug-likeness (QED) is 0.633. The number of hydrogen-bond donors (Lipinski definition) is 1. The van der Waals surface area contributed by atoms with E-state index >= 15 is 0 Å². The van der Waals surface area contributed by atoms with Crippen molar-refractivity contribution in [3.63, 3.8) is 0 Å². The van der Waals surface area contributed by atoms with Crippen LogP contribution in [0.5, 0.6) is 0 Å². The van der Waals surface area contributed by atoms with E-state index in [4.69, 9.17) is 0 Å². The summed E-state index contributed by atoms with van der Waals surface area (Å²) in [4.78, 5) is 0. The van der Waals surface area contributed by atoms with Gasteiger partial charge >= 0.3 is 0 Å². The molecule has 2 aliphatic rings. The molecule has 2 aliphatic carbocycles. The van der Waals surface area contributed by atoms with Crippen molar-refractivity contribution in [3.05, 3.63) is 12.2 Å². The number of nitrogens with one attached hydrogen (secondary N) is 1. The van der Waals surface area contributed by atoms with Crippen LogP contribution >= 0.6 is 0 Å². The zero-order valence-corrected chi connectivity index (χ0v) is 7.92. The molecule has 0 radical (unpaired) electrons. The van der Waals surface area contributed by atoms with E-state index in [0.717, 1.165) is 24.4 Å². The highest BCUT2D eigenvalue weighted by Gasteiger charge is 2.49. The Morgan fingerprint density at radius 3 is 2.50 bits per heavy atom. The normalized spacial score (nSPS) is 39.9. The van der Waals surface area contributed by atoms with E-state index in [0.29, 0.717) is 0 Å². The molecule has 2 saturated carbocycles. The van der Waals surface area contributed by atoms with Gasteiger partial charge in [-0.05, 0) is 31.6 Å². The maximum atomic E-state index is 3.61. The second kappa shape index (κ2) is 3.61. The Morgan fingerprint density at radius 2 is 1.92 bits per heavy atom. The van der Waals surface area contributed by atoms with Crippen molar-refractivity contribution in [1.29, 1.82) is 0 Å². The summed E-state index contributed by atoms with van der Waals surface area (Å²) >= 11 is 0. The molecule has 0 saturated heterocycles. The third-order valence-corrected chi connectivity index (χ3v) is 3.36. The summed E-state index contributed by atoms with van der Waals surface area (Å²) in [6.07, 6.45) is 10.3. The van der Waals surface area contributed by atoms with Crippen LogP contribution in [-0.2, 0) is 0 Å². The largest absolute Gasteiger partial charge is 0.310 e. The lowest BCUT2D eigenvalue weighted by molar-refractivity contribution is 0.480. The van der Waals surface area contributed by atoms with Gasteiger partial charge in [-0.15, -0.1) is 0 Å². The van der Waals surface area contributed by atoms with Crippen LogP contribution in [0.15, 0.2) is 12.2 Å². The first-order valence-corrected chi connectivity index (χ1v) is 5.28. The van der Waals surface area contributed by atoms with E-state index in [9.17, 15) is 0 Å². The summed E-state index contributed by atoms with van der Waals surface area (Å²) in [5.41, 5.74) is 0. The van der Waals surface area contributed by atoms with Crippen LogP contribution in [0, 0.1) is 11.8 Å². The Labute approximate surface area is 75.2 Å². The van der Waals surface area contributed by atoms with Gasteiger partial charge in [0.1, 0.15) is 0 Å². The van der Waals surface area contributed by atoms with E-state index in [1.165, 1.54) is 25.7 Å². The standard InChI is InChI=1S/C11H19N/c1-2-3-8-12-11-9-6-4-5-7-10(9)11/h2-3,9-12H,4-8H2,1H3/b3-2+. The fourth-order valence-corrected chi connectivity index (χ4v) is 2.62. The number of allylic oxidation sites excluding steroid dienone is 1. The average molecular weight is 165 g/mol. The van der Waals surface area contributed by atoms with E-state index in [-0.39, 0.29) is 0 Å². The molecular weight excluding hydrogens is 146 g/mol. The lowest BCUT2D eigenvalue weighted by Gasteiger charge is -2.04. The third-order valence-electron chi connectivity index (χ3n) is 3.36. The van der Waals surface area contributed by atoms with Crippen LogP contribution in [0.1, 0.15) is 32.6 Å². The van der Waals surface area contributed by atoms with Crippen molar-refractivity contribution < 1.29 is 0 Å². The molecule has 0 amide bonds. The number of rotatable bonds is 3. The molecular formula is C11H19N. The minimum atomic E-state index is 0.878. The first-order valence-electron chi connectivity index (χ1n) is 5.28. The summed E-state index contributed by atoms with van der Waals surface area (Å²) in [5, 5.41) is 3.61. The van der Waals surface area contributed by atoms with Gasteiger partial charge in [-0.25, -0.2) is 0 Å². The summed E-state index contributed by atoms with van der Waals surface area (Å²) in [7, 11) is 0. The van der Waals surface area contributed by atoms with Crippen molar-refractivity contribution in [2.24, 2.45) is 11.8 Å². The summed E-state index contributed by atoms with van der Waals surface area (Å²) in [6, 6.07) is 0.878. The van der Waals surface area contributed by atoms with Crippen molar-refractivity contribution >= 4 is 0 Å². The zero-order valence-electron chi connectivity index (χ0n) is 7.92. The SMILES string of the molecule is C/C=C/CNC1C2CCCCC21. The average Bonchev–Trinajstić information content (AvgIpc) is 2.80. The fraction of sp³-hybridized carbons (Fsp3) is 0.818. The highest BCUT2D eigenvalue weighted by Crippen LogP contribution is 2.49. The maximum Gasteiger partial charge on any atom is 0.0137 e. The lowest BCUT2D eigenvalue weighted by Crippen LogP contribution is -2.18. The van der Waals surface area contributed by atoms with Crippen molar-refractivity contribution in [2.45, 2.75) is 38.6 Å². The molecule has 1 nitrogen and oxygen atoms in total. The minimum absolute atomic E-state index is 0.878. The van der Waals surface area contributed by atoms with Gasteiger partial charge in [-0.2, -0.15) is 0 Å². The molecule has 1 N–H and O–H groups in total. The molecule has 0 aromatic rings. The van der Waals surface area contributed by atoms with Crippen LogP contribution < -0.4 is 5.32 Å². The Kier molecular flexibility index (Phi) is 2.50. The van der Waals surface area contributed by atoms with Gasteiger partial charge in [0.2, 0.25) is 0 Å². The van der Waals surface area contributed by atoms with Gasteiger partial charge < -0.3 is 5.32 Å². The second-order valence-corrected chi connectivity index (χ2v) is 4.12. The van der Waals surface area contributed by atoms with Gasteiger partial charge in [0.15, 0.2) is 0 Å². The van der Waals surface area contributed by atoms with E-state index in [2.05, 4.69) is 24.4 Å². The van der Waals surface area contributed by atoms with Crippen LogP contribution in [-0.4, -0.2) is 12.6 Å². The summed E-state index contributed by atoms with van der Waals surface area (Å²) in [6.45, 7) is 3.16. The van der Waals surface area contributed by atoms with E-state index < -0.39 is 0 Å². The summed E-state index contributed by atoms with van der Waals surface area (Å²) in [5.74, 6) is 2.09. The zero-order chi connectivity index (χ0) is 8.39. The Morgan fingerprint density at radius 1 is 1.25 bits per heavy atom. The van der Waals surface area contributed by atoms with E-state index in [1.807, 2.05) is 0 Å². The third kappa shape index (κ3) is 1.56. The number of fused-ring (bicyclic) bond motifs is 1. The molecule has 1 heteroatoms. The molecule has 0 spiro atoms. The minimum Gasteiger partial charge on any atom is -0.310 e. The van der Waals surface area contributed by atoms with Crippen molar-refractivity contribution in [1.82, 2.24) is 5.32 Å². The second-order valence-electron chi connectivity index (χ2n) is 4.12. The molecule has 2 rings (SSSR count). The Bertz CT molecular complexity index is 162. The van der Waals surface area contributed by atoms with Gasteiger partial charge in [0.05, 0.1) is 0 Å². The highest BCUT2D eigenvalue weighted by atomic mass is 15.0. The van der Waals surface area contributed by atoms with Crippen LogP contribution in [0.3, 0.4) is 0 Å². The molecule has 2 fully saturated rings. The van der Waals surface area contributed by atoms with Gasteiger partial charge in [-0.1, -0.05) is 25.0 Å². The van der Waals surface area contributed by atoms with Crippen LogP contribution in [0.4, 0.5) is 0 Å². The lowest BCUT2D eigenvalue weighted by atomic mass is 10.0. The van der Waals surface area contributed by atoms with Crippen molar-refractivity contribution in [2.75, 3.05) is 6.54 Å². The molecule has 2 unspecified atom stereocenters. The molecule has 0 bridgehead atoms. The topological polar surface area (TPSA) is 12.0 Å². The fourth-order valence-electron chi connectivity index (χ4n) is 2.62. The van der Waals surface area contributed by atoms with Gasteiger partial charge in [0, 0.05) is 12.6 Å². The molecule has 0 aliphatic heterocycles. The van der Waals surface area contributed by atoms with Gasteiger partial charge in [-0.3, -0.25) is 0 Å². The van der Waals surface area contributed by atoms with Crippen LogP contribution in [0.2, 0.25) is 0 Å². The monoisotopic (exact) mass is 165 g/mol. The van der Waals surface area contributed by atoms with E-state index in [1.54, 1.807) is 0 Å². The molecule has 2 atom stereocenters. The molecule has 0 aromatic heterocycles. The number of hydrogen-bond acceptors (Lipinski definition) is 1. The predicted octanol–water partition coefficient (Wildman–Crippen LogP) is 2.34. The summed E-state index contributed by atoms with van der Waals surface area (Å²) < 4.78 is 0. The van der Waals surface area contributed by atoms with Crippen LogP contribution in [0.25, 0.3) is 0 Å². The Balaban J connectivity index is 1.70. The van der Waals surface area contributed by atoms with Crippen molar-refractivity contribution in [3.8, 4) is 0 Å². The molecule has 68 valence electrons. The maximum absolute atomic E-state index is 3.61. The highest BCUT2D eigenvalue weighted by molar-refractivity contribution is 5.05. The molecule has 0 heterocycles. The first-order chi connectivity index (χ1) is 5.93.